The minimum atomic E-state index is -1.34. The smallest absolute Gasteiger partial charge is 0.332 e. The highest BCUT2D eigenvalue weighted by atomic mass is 16.5. The van der Waals surface area contributed by atoms with Gasteiger partial charge >= 0.3 is 18.0 Å². The summed E-state index contributed by atoms with van der Waals surface area (Å²) in [5.41, 5.74) is 0.377. The van der Waals surface area contributed by atoms with Crippen LogP contribution in [-0.4, -0.2) is 37.0 Å². The highest BCUT2D eigenvalue weighted by Crippen LogP contribution is 2.18. The number of imide groups is 1. The van der Waals surface area contributed by atoms with Crippen LogP contribution in [0.3, 0.4) is 0 Å². The predicted molar refractivity (Wildman–Crippen MR) is 88.3 cm³/mol. The van der Waals surface area contributed by atoms with Crippen molar-refractivity contribution >= 4 is 23.9 Å². The Bertz CT molecular complexity index is 642. The highest BCUT2D eigenvalue weighted by Gasteiger charge is 2.25. The maximum absolute atomic E-state index is 12.2. The SMILES string of the molecule is CCNC(=O)NC(=O)[C@H](OC(=O)/C=C/C(=O)OCC)c1ccccc1. The van der Waals surface area contributed by atoms with Crippen LogP contribution in [0, 0.1) is 0 Å². The summed E-state index contributed by atoms with van der Waals surface area (Å²) >= 11 is 0. The molecule has 0 aliphatic carbocycles. The molecule has 1 aromatic carbocycles. The maximum atomic E-state index is 12.2. The molecular formula is C17H20N2O6. The summed E-state index contributed by atoms with van der Waals surface area (Å²) in [4.78, 5) is 46.8. The van der Waals surface area contributed by atoms with Crippen molar-refractivity contribution in [3.05, 3.63) is 48.0 Å². The van der Waals surface area contributed by atoms with E-state index in [9.17, 15) is 19.2 Å². The van der Waals surface area contributed by atoms with E-state index in [0.717, 1.165) is 12.2 Å². The molecule has 2 N–H and O–H groups in total. The molecule has 0 radical (unpaired) electrons. The van der Waals surface area contributed by atoms with E-state index in [1.165, 1.54) is 0 Å². The van der Waals surface area contributed by atoms with Crippen molar-refractivity contribution < 1.29 is 28.7 Å². The van der Waals surface area contributed by atoms with Gasteiger partial charge in [0.2, 0.25) is 6.10 Å². The first kappa shape index (κ1) is 19.9. The number of carbonyl (C=O) groups is 4. The second-order valence-electron chi connectivity index (χ2n) is 4.66. The monoisotopic (exact) mass is 348 g/mol. The first-order valence-corrected chi connectivity index (χ1v) is 7.67. The van der Waals surface area contributed by atoms with Gasteiger partial charge in [-0.15, -0.1) is 0 Å². The normalized spacial score (nSPS) is 11.4. The molecule has 0 spiro atoms. The molecule has 0 aromatic heterocycles. The lowest BCUT2D eigenvalue weighted by atomic mass is 10.1. The molecule has 0 aliphatic heterocycles. The fraction of sp³-hybridized carbons (Fsp3) is 0.294. The number of esters is 2. The molecule has 8 nitrogen and oxygen atoms in total. The molecule has 0 aliphatic rings. The van der Waals surface area contributed by atoms with Crippen molar-refractivity contribution in [2.45, 2.75) is 20.0 Å². The van der Waals surface area contributed by atoms with Gasteiger partial charge in [0.1, 0.15) is 0 Å². The molecule has 3 amide bonds. The van der Waals surface area contributed by atoms with E-state index in [4.69, 9.17) is 4.74 Å². The lowest BCUT2D eigenvalue weighted by molar-refractivity contribution is -0.151. The number of ether oxygens (including phenoxy) is 2. The van der Waals surface area contributed by atoms with E-state index in [0.29, 0.717) is 12.1 Å². The number of urea groups is 1. The third-order valence-corrected chi connectivity index (χ3v) is 2.79. The van der Waals surface area contributed by atoms with Crippen LogP contribution in [0.15, 0.2) is 42.5 Å². The van der Waals surface area contributed by atoms with Gasteiger partial charge in [-0.1, -0.05) is 30.3 Å². The lowest BCUT2D eigenvalue weighted by Gasteiger charge is -2.16. The van der Waals surface area contributed by atoms with Gasteiger partial charge in [0.25, 0.3) is 5.91 Å². The Morgan fingerprint density at radius 1 is 1.04 bits per heavy atom. The molecule has 1 atom stereocenters. The number of nitrogens with one attached hydrogen (secondary N) is 2. The number of hydrogen-bond donors (Lipinski definition) is 2. The molecule has 0 fully saturated rings. The van der Waals surface area contributed by atoms with Crippen LogP contribution >= 0.6 is 0 Å². The third kappa shape index (κ3) is 7.30. The van der Waals surface area contributed by atoms with Crippen LogP contribution in [0.1, 0.15) is 25.5 Å². The van der Waals surface area contributed by atoms with Crippen LogP contribution in [0.25, 0.3) is 0 Å². The Hall–Kier alpha value is -3.16. The van der Waals surface area contributed by atoms with Crippen LogP contribution in [0.4, 0.5) is 4.79 Å². The van der Waals surface area contributed by atoms with Gasteiger partial charge in [0, 0.05) is 24.3 Å². The van der Waals surface area contributed by atoms with E-state index >= 15 is 0 Å². The zero-order chi connectivity index (χ0) is 18.7. The van der Waals surface area contributed by atoms with Crippen LogP contribution < -0.4 is 10.6 Å². The third-order valence-electron chi connectivity index (χ3n) is 2.79. The van der Waals surface area contributed by atoms with Crippen molar-refractivity contribution in [3.8, 4) is 0 Å². The van der Waals surface area contributed by atoms with Gasteiger partial charge in [0.05, 0.1) is 6.61 Å². The minimum Gasteiger partial charge on any atom is -0.463 e. The number of hydrogen-bond acceptors (Lipinski definition) is 6. The molecule has 8 heteroatoms. The number of rotatable bonds is 7. The van der Waals surface area contributed by atoms with Gasteiger partial charge in [-0.25, -0.2) is 14.4 Å². The Balaban J connectivity index is 2.85. The molecule has 25 heavy (non-hydrogen) atoms. The molecule has 0 saturated heterocycles. The second kappa shape index (κ2) is 10.6. The van der Waals surface area contributed by atoms with Crippen molar-refractivity contribution in [1.82, 2.24) is 10.6 Å². The molecular weight excluding hydrogens is 328 g/mol. The van der Waals surface area contributed by atoms with E-state index in [2.05, 4.69) is 15.4 Å². The van der Waals surface area contributed by atoms with Gasteiger partial charge in [-0.2, -0.15) is 0 Å². The van der Waals surface area contributed by atoms with Gasteiger partial charge < -0.3 is 14.8 Å². The minimum absolute atomic E-state index is 0.166. The molecule has 0 bridgehead atoms. The fourth-order valence-corrected chi connectivity index (χ4v) is 1.76. The summed E-state index contributed by atoms with van der Waals surface area (Å²) in [5.74, 6) is -2.44. The number of amides is 3. The van der Waals surface area contributed by atoms with Crippen molar-refractivity contribution in [2.24, 2.45) is 0 Å². The number of benzene rings is 1. The topological polar surface area (TPSA) is 111 Å². The fourth-order valence-electron chi connectivity index (χ4n) is 1.76. The summed E-state index contributed by atoms with van der Waals surface area (Å²) in [7, 11) is 0. The lowest BCUT2D eigenvalue weighted by Crippen LogP contribution is -2.42. The largest absolute Gasteiger partial charge is 0.463 e. The van der Waals surface area contributed by atoms with E-state index < -0.39 is 30.0 Å². The van der Waals surface area contributed by atoms with Crippen molar-refractivity contribution in [3.63, 3.8) is 0 Å². The van der Waals surface area contributed by atoms with Crippen LogP contribution in [0.5, 0.6) is 0 Å². The van der Waals surface area contributed by atoms with E-state index in [-0.39, 0.29) is 6.61 Å². The first-order valence-electron chi connectivity index (χ1n) is 7.67. The molecule has 134 valence electrons. The zero-order valence-corrected chi connectivity index (χ0v) is 14.0. The molecule has 1 rings (SSSR count). The Morgan fingerprint density at radius 2 is 1.68 bits per heavy atom. The quantitative estimate of drug-likeness (QED) is 0.566. The average Bonchev–Trinajstić information content (AvgIpc) is 2.59. The summed E-state index contributed by atoms with van der Waals surface area (Å²) in [6.07, 6.45) is 0.409. The number of carbonyl (C=O) groups excluding carboxylic acids is 4. The Morgan fingerprint density at radius 3 is 2.28 bits per heavy atom. The summed E-state index contributed by atoms with van der Waals surface area (Å²) in [6.45, 7) is 3.82. The summed E-state index contributed by atoms with van der Waals surface area (Å²) < 4.78 is 9.72. The highest BCUT2D eigenvalue weighted by molar-refractivity contribution is 5.99. The van der Waals surface area contributed by atoms with Crippen molar-refractivity contribution in [2.75, 3.05) is 13.2 Å². The Kier molecular flexibility index (Phi) is 8.42. The van der Waals surface area contributed by atoms with E-state index in [1.54, 1.807) is 44.2 Å². The predicted octanol–water partition coefficient (Wildman–Crippen LogP) is 1.24. The van der Waals surface area contributed by atoms with E-state index in [1.807, 2.05) is 0 Å². The molecule has 0 heterocycles. The molecule has 1 aromatic rings. The van der Waals surface area contributed by atoms with Gasteiger partial charge in [0.15, 0.2) is 0 Å². The molecule has 0 saturated carbocycles. The average molecular weight is 348 g/mol. The standard InChI is InChI=1S/C17H20N2O6/c1-3-18-17(23)19-16(22)15(12-8-6-5-7-9-12)25-14(21)11-10-13(20)24-4-2/h5-11,15H,3-4H2,1-2H3,(H2,18,19,22,23)/b11-10+/t15-/m1/s1. The van der Waals surface area contributed by atoms with Gasteiger partial charge in [-0.3, -0.25) is 10.1 Å². The van der Waals surface area contributed by atoms with Crippen LogP contribution in [-0.2, 0) is 23.9 Å². The maximum Gasteiger partial charge on any atom is 0.332 e. The van der Waals surface area contributed by atoms with Crippen LogP contribution in [0.2, 0.25) is 0 Å². The summed E-state index contributed by atoms with van der Waals surface area (Å²) in [5, 5.41) is 4.49. The molecule has 0 unspecified atom stereocenters. The van der Waals surface area contributed by atoms with Gasteiger partial charge in [-0.05, 0) is 13.8 Å². The zero-order valence-electron chi connectivity index (χ0n) is 14.0. The summed E-state index contributed by atoms with van der Waals surface area (Å²) in [6, 6.07) is 7.49. The Labute approximate surface area is 145 Å². The second-order valence-corrected chi connectivity index (χ2v) is 4.66. The van der Waals surface area contributed by atoms with Crippen molar-refractivity contribution in [1.29, 1.82) is 0 Å². The first-order chi connectivity index (χ1) is 12.0.